The summed E-state index contributed by atoms with van der Waals surface area (Å²) >= 11 is 6.18. The van der Waals surface area contributed by atoms with Crippen LogP contribution in [0.25, 0.3) is 11.0 Å². The van der Waals surface area contributed by atoms with Crippen molar-refractivity contribution in [3.63, 3.8) is 0 Å². The van der Waals surface area contributed by atoms with Crippen LogP contribution in [0.4, 0.5) is 0 Å². The molecule has 1 aliphatic heterocycles. The van der Waals surface area contributed by atoms with Gasteiger partial charge in [-0.3, -0.25) is 0 Å². The Labute approximate surface area is 149 Å². The zero-order valence-electron chi connectivity index (χ0n) is 15.1. The van der Waals surface area contributed by atoms with Crippen LogP contribution < -0.4 is 5.46 Å². The van der Waals surface area contributed by atoms with Crippen molar-refractivity contribution in [2.75, 3.05) is 0 Å². The number of rotatable bonds is 5. The van der Waals surface area contributed by atoms with Crippen LogP contribution in [0.3, 0.4) is 0 Å². The monoisotopic (exact) mass is 348 g/mol. The Hall–Kier alpha value is -1.04. The summed E-state index contributed by atoms with van der Waals surface area (Å²) in [7, 11) is -0.433. The summed E-state index contributed by atoms with van der Waals surface area (Å²) in [4.78, 5) is 7.42. The van der Waals surface area contributed by atoms with E-state index in [4.69, 9.17) is 20.9 Å². The smallest absolute Gasteiger partial charge is 0.399 e. The van der Waals surface area contributed by atoms with Crippen molar-refractivity contribution in [1.82, 2.24) is 9.97 Å². The Bertz CT molecular complexity index is 733. The molecule has 2 aromatic rings. The van der Waals surface area contributed by atoms with Gasteiger partial charge in [0.25, 0.3) is 0 Å². The molecule has 1 saturated heterocycles. The highest BCUT2D eigenvalue weighted by Gasteiger charge is 2.55. The number of pyridine rings is 1. The number of H-pyrrole nitrogens is 1. The molecule has 0 spiro atoms. The highest BCUT2D eigenvalue weighted by atomic mass is 35.5. The molecule has 3 rings (SSSR count). The summed E-state index contributed by atoms with van der Waals surface area (Å²) < 4.78 is 12.8. The minimum Gasteiger partial charge on any atom is -0.399 e. The maximum atomic E-state index is 6.48. The molecule has 130 valence electrons. The van der Waals surface area contributed by atoms with E-state index in [0.717, 1.165) is 22.9 Å². The number of hydrogen-bond acceptors (Lipinski definition) is 3. The van der Waals surface area contributed by atoms with Gasteiger partial charge in [0.15, 0.2) is 0 Å². The predicted octanol–water partition coefficient (Wildman–Crippen LogP) is 4.32. The van der Waals surface area contributed by atoms with E-state index < -0.39 is 7.12 Å². The number of nitrogens with one attached hydrogen (secondary N) is 1. The van der Waals surface area contributed by atoms with Gasteiger partial charge in [-0.1, -0.05) is 38.3 Å². The van der Waals surface area contributed by atoms with Crippen molar-refractivity contribution >= 4 is 35.2 Å². The normalized spacial score (nSPS) is 24.7. The van der Waals surface area contributed by atoms with Gasteiger partial charge in [-0.2, -0.15) is 0 Å². The van der Waals surface area contributed by atoms with E-state index in [1.54, 1.807) is 0 Å². The van der Waals surface area contributed by atoms with Crippen LogP contribution in [0.15, 0.2) is 18.3 Å². The Morgan fingerprint density at radius 2 is 2.08 bits per heavy atom. The molecule has 4 nitrogen and oxygen atoms in total. The van der Waals surface area contributed by atoms with Crippen LogP contribution in [0, 0.1) is 5.92 Å². The molecule has 0 saturated carbocycles. The molecule has 0 aliphatic carbocycles. The van der Waals surface area contributed by atoms with Crippen LogP contribution in [-0.4, -0.2) is 28.3 Å². The molecule has 1 fully saturated rings. The molecule has 0 amide bonds. The van der Waals surface area contributed by atoms with Crippen LogP contribution in [0.2, 0.25) is 5.15 Å². The molecule has 6 heteroatoms. The second-order valence-electron chi connectivity index (χ2n) is 7.68. The molecule has 2 atom stereocenters. The predicted molar refractivity (Wildman–Crippen MR) is 99.8 cm³/mol. The zero-order chi connectivity index (χ0) is 17.5. The van der Waals surface area contributed by atoms with E-state index in [0.29, 0.717) is 11.1 Å². The van der Waals surface area contributed by atoms with E-state index in [1.165, 1.54) is 12.8 Å². The summed E-state index contributed by atoms with van der Waals surface area (Å²) in [6, 6.07) is 3.84. The van der Waals surface area contributed by atoms with Crippen LogP contribution in [0.1, 0.15) is 53.9 Å². The molecule has 0 bridgehead atoms. The maximum Gasteiger partial charge on any atom is 0.495 e. The third kappa shape index (κ3) is 3.09. The first-order chi connectivity index (χ1) is 11.3. The summed E-state index contributed by atoms with van der Waals surface area (Å²) in [6.07, 6.45) is 5.22. The quantitative estimate of drug-likeness (QED) is 0.646. The minimum atomic E-state index is -0.433. The van der Waals surface area contributed by atoms with E-state index in [-0.39, 0.29) is 11.2 Å². The molecule has 3 heterocycles. The lowest BCUT2D eigenvalue weighted by Gasteiger charge is -2.38. The fourth-order valence-corrected chi connectivity index (χ4v) is 3.90. The summed E-state index contributed by atoms with van der Waals surface area (Å²) in [5.41, 5.74) is 0.976. The highest BCUT2D eigenvalue weighted by Crippen LogP contribution is 2.42. The van der Waals surface area contributed by atoms with Gasteiger partial charge >= 0.3 is 7.12 Å². The van der Waals surface area contributed by atoms with Crippen molar-refractivity contribution in [2.24, 2.45) is 5.92 Å². The summed E-state index contributed by atoms with van der Waals surface area (Å²) in [5, 5.41) is 1.43. The third-order valence-electron chi connectivity index (χ3n) is 5.35. The topological polar surface area (TPSA) is 47.1 Å². The zero-order valence-corrected chi connectivity index (χ0v) is 15.9. The third-order valence-corrected chi connectivity index (χ3v) is 5.54. The molecule has 2 aromatic heterocycles. The molecule has 2 unspecified atom stereocenters. The van der Waals surface area contributed by atoms with Gasteiger partial charge in [0.05, 0.1) is 11.2 Å². The molecule has 0 radical (unpaired) electrons. The number of aromatic amines is 1. The second-order valence-corrected chi connectivity index (χ2v) is 8.07. The van der Waals surface area contributed by atoms with Gasteiger partial charge < -0.3 is 14.3 Å². The highest BCUT2D eigenvalue weighted by molar-refractivity contribution is 6.65. The van der Waals surface area contributed by atoms with Gasteiger partial charge in [-0.15, -0.1) is 0 Å². The number of fused-ring (bicyclic) bond motifs is 1. The number of hydrogen-bond donors (Lipinski definition) is 1. The SMILES string of the molecule is CCCC(C)CC1(C)OB(c2cc(Cl)nc3[nH]ccc23)OC1(C)C. The van der Waals surface area contributed by atoms with Crippen molar-refractivity contribution in [2.45, 2.75) is 65.1 Å². The van der Waals surface area contributed by atoms with Gasteiger partial charge in [-0.25, -0.2) is 4.98 Å². The Morgan fingerprint density at radius 1 is 1.33 bits per heavy atom. The van der Waals surface area contributed by atoms with Crippen molar-refractivity contribution < 1.29 is 9.31 Å². The first-order valence-electron chi connectivity index (χ1n) is 8.75. The average Bonchev–Trinajstić information content (AvgIpc) is 3.01. The van der Waals surface area contributed by atoms with E-state index in [1.807, 2.05) is 18.3 Å². The van der Waals surface area contributed by atoms with Gasteiger partial charge in [0.2, 0.25) is 0 Å². The second kappa shape index (κ2) is 6.36. The maximum absolute atomic E-state index is 6.48. The Morgan fingerprint density at radius 3 is 2.79 bits per heavy atom. The van der Waals surface area contributed by atoms with E-state index >= 15 is 0 Å². The fraction of sp³-hybridized carbons (Fsp3) is 0.611. The molecular weight excluding hydrogens is 322 g/mol. The fourth-order valence-electron chi connectivity index (χ4n) is 3.70. The summed E-state index contributed by atoms with van der Waals surface area (Å²) in [6.45, 7) is 10.9. The number of halogens is 1. The first kappa shape index (κ1) is 17.8. The Kier molecular flexibility index (Phi) is 4.71. The first-order valence-corrected chi connectivity index (χ1v) is 9.13. The van der Waals surface area contributed by atoms with Gasteiger partial charge in [-0.05, 0) is 50.7 Å². The van der Waals surface area contributed by atoms with Crippen LogP contribution in [-0.2, 0) is 9.31 Å². The van der Waals surface area contributed by atoms with Crippen molar-refractivity contribution in [1.29, 1.82) is 0 Å². The number of aromatic nitrogens is 2. The lowest BCUT2D eigenvalue weighted by atomic mass is 9.77. The van der Waals surface area contributed by atoms with Gasteiger partial charge in [0.1, 0.15) is 10.8 Å². The van der Waals surface area contributed by atoms with Crippen LogP contribution in [0.5, 0.6) is 0 Å². The standard InChI is InChI=1S/C18H26BClN2O2/c1-6-7-12(2)11-18(5)17(3,4)23-19(24-18)14-10-15(20)22-16-13(14)8-9-21-16/h8-10,12H,6-7,11H2,1-5H3,(H,21,22). The number of nitrogens with zero attached hydrogens (tertiary/aromatic N) is 1. The van der Waals surface area contributed by atoms with Gasteiger partial charge in [0, 0.05) is 11.6 Å². The molecule has 24 heavy (non-hydrogen) atoms. The summed E-state index contributed by atoms with van der Waals surface area (Å²) in [5.74, 6) is 0.593. The molecule has 1 aliphatic rings. The van der Waals surface area contributed by atoms with Crippen LogP contribution >= 0.6 is 11.6 Å². The molecule has 0 aromatic carbocycles. The molecule has 1 N–H and O–H groups in total. The Balaban J connectivity index is 1.92. The minimum absolute atomic E-state index is 0.343. The van der Waals surface area contributed by atoms with Crippen molar-refractivity contribution in [3.8, 4) is 0 Å². The lowest BCUT2D eigenvalue weighted by Crippen LogP contribution is -2.46. The van der Waals surface area contributed by atoms with E-state index in [2.05, 4.69) is 44.6 Å². The van der Waals surface area contributed by atoms with E-state index in [9.17, 15) is 0 Å². The average molecular weight is 349 g/mol. The molecular formula is C18H26BClN2O2. The lowest BCUT2D eigenvalue weighted by molar-refractivity contribution is -0.0261. The van der Waals surface area contributed by atoms with Crippen molar-refractivity contribution in [3.05, 3.63) is 23.5 Å². The largest absolute Gasteiger partial charge is 0.495 e.